The number of hydrogen-bond acceptors (Lipinski definition) is 4. The number of rotatable bonds is 2. The van der Waals surface area contributed by atoms with Crippen LogP contribution in [-0.4, -0.2) is 16.6 Å². The molecule has 1 rings (SSSR count). The topological polar surface area (TPSA) is 81.5 Å². The summed E-state index contributed by atoms with van der Waals surface area (Å²) < 4.78 is 5.34. The maximum Gasteiger partial charge on any atom is 0.412 e. The molecule has 0 aliphatic rings. The summed E-state index contributed by atoms with van der Waals surface area (Å²) in [6, 6.07) is 2.60. The van der Waals surface area contributed by atoms with Crippen molar-refractivity contribution >= 4 is 45.0 Å². The van der Waals surface area contributed by atoms with Gasteiger partial charge in [-0.2, -0.15) is 0 Å². The van der Waals surface area contributed by atoms with Gasteiger partial charge in [0.25, 0.3) is 5.69 Å². The molecular formula is C11H12BrClN2O4. The first kappa shape index (κ1) is 15.7. The first-order valence-corrected chi connectivity index (χ1v) is 6.40. The number of halogens is 2. The fourth-order valence-electron chi connectivity index (χ4n) is 1.23. The van der Waals surface area contributed by atoms with Crippen LogP contribution in [0.25, 0.3) is 0 Å². The molecule has 0 unspecified atom stereocenters. The van der Waals surface area contributed by atoms with E-state index in [2.05, 4.69) is 21.2 Å². The van der Waals surface area contributed by atoms with Crippen LogP contribution in [0, 0.1) is 10.1 Å². The quantitative estimate of drug-likeness (QED) is 0.634. The van der Waals surface area contributed by atoms with E-state index in [0.29, 0.717) is 4.47 Å². The van der Waals surface area contributed by atoms with Crippen molar-refractivity contribution in [1.82, 2.24) is 0 Å². The first-order chi connectivity index (χ1) is 8.60. The summed E-state index contributed by atoms with van der Waals surface area (Å²) in [5, 5.41) is 13.5. The van der Waals surface area contributed by atoms with Gasteiger partial charge < -0.3 is 4.74 Å². The van der Waals surface area contributed by atoms with E-state index in [4.69, 9.17) is 16.3 Å². The van der Waals surface area contributed by atoms with Crippen molar-refractivity contribution in [3.8, 4) is 0 Å². The van der Waals surface area contributed by atoms with Gasteiger partial charge >= 0.3 is 6.09 Å². The summed E-state index contributed by atoms with van der Waals surface area (Å²) in [5.74, 6) is 0. The van der Waals surface area contributed by atoms with Crippen molar-refractivity contribution < 1.29 is 14.5 Å². The molecule has 0 saturated carbocycles. The zero-order valence-electron chi connectivity index (χ0n) is 10.5. The number of nitro benzene ring substituents is 1. The third-order valence-electron chi connectivity index (χ3n) is 1.86. The second kappa shape index (κ2) is 5.75. The Bertz CT molecular complexity index is 528. The molecule has 1 aromatic rings. The highest BCUT2D eigenvalue weighted by atomic mass is 79.9. The van der Waals surface area contributed by atoms with Crippen LogP contribution >= 0.6 is 27.5 Å². The van der Waals surface area contributed by atoms with E-state index < -0.39 is 16.6 Å². The lowest BCUT2D eigenvalue weighted by Crippen LogP contribution is -2.27. The molecule has 19 heavy (non-hydrogen) atoms. The molecule has 104 valence electrons. The molecule has 0 aliphatic carbocycles. The number of hydrogen-bond donors (Lipinski definition) is 1. The molecule has 0 fully saturated rings. The van der Waals surface area contributed by atoms with Gasteiger partial charge in [-0.05, 0) is 42.8 Å². The maximum absolute atomic E-state index is 11.6. The third-order valence-corrected chi connectivity index (χ3v) is 2.70. The van der Waals surface area contributed by atoms with E-state index in [1.165, 1.54) is 6.07 Å². The Kier molecular flexibility index (Phi) is 4.75. The van der Waals surface area contributed by atoms with Gasteiger partial charge in [0.2, 0.25) is 0 Å². The van der Waals surface area contributed by atoms with Gasteiger partial charge in [0.15, 0.2) is 0 Å². The molecular weight excluding hydrogens is 339 g/mol. The third kappa shape index (κ3) is 4.68. The Morgan fingerprint density at radius 3 is 2.53 bits per heavy atom. The zero-order valence-corrected chi connectivity index (χ0v) is 12.8. The molecule has 0 bridgehead atoms. The van der Waals surface area contributed by atoms with Crippen LogP contribution in [0.3, 0.4) is 0 Å². The van der Waals surface area contributed by atoms with E-state index in [-0.39, 0.29) is 16.4 Å². The van der Waals surface area contributed by atoms with E-state index in [9.17, 15) is 14.9 Å². The van der Waals surface area contributed by atoms with Crippen molar-refractivity contribution in [2.75, 3.05) is 5.32 Å². The van der Waals surface area contributed by atoms with Crippen molar-refractivity contribution in [3.63, 3.8) is 0 Å². The van der Waals surface area contributed by atoms with Gasteiger partial charge in [-0.3, -0.25) is 15.4 Å². The lowest BCUT2D eigenvalue weighted by Gasteiger charge is -2.20. The number of benzene rings is 1. The van der Waals surface area contributed by atoms with Crippen molar-refractivity contribution in [1.29, 1.82) is 0 Å². The summed E-state index contributed by atoms with van der Waals surface area (Å²) in [5.41, 5.74) is -1.01. The highest BCUT2D eigenvalue weighted by Crippen LogP contribution is 2.36. The van der Waals surface area contributed by atoms with Crippen LogP contribution in [0.2, 0.25) is 5.02 Å². The number of nitro groups is 1. The monoisotopic (exact) mass is 350 g/mol. The van der Waals surface area contributed by atoms with Crippen molar-refractivity contribution in [3.05, 3.63) is 31.7 Å². The molecule has 1 N–H and O–H groups in total. The Labute approximate surface area is 123 Å². The van der Waals surface area contributed by atoms with Crippen LogP contribution in [-0.2, 0) is 4.74 Å². The normalized spacial score (nSPS) is 11.0. The van der Waals surface area contributed by atoms with E-state index in [0.717, 1.165) is 6.07 Å². The predicted molar refractivity (Wildman–Crippen MR) is 75.7 cm³/mol. The van der Waals surface area contributed by atoms with Crippen molar-refractivity contribution in [2.45, 2.75) is 26.4 Å². The molecule has 0 aromatic heterocycles. The molecule has 0 atom stereocenters. The Balaban J connectivity index is 3.07. The number of ether oxygens (including phenoxy) is 1. The summed E-state index contributed by atoms with van der Waals surface area (Å²) in [7, 11) is 0. The maximum atomic E-state index is 11.6. The minimum absolute atomic E-state index is 0.00338. The fraction of sp³-hybridized carbons (Fsp3) is 0.364. The molecule has 1 amide bonds. The Morgan fingerprint density at radius 2 is 2.05 bits per heavy atom. The summed E-state index contributed by atoms with van der Waals surface area (Å²) >= 11 is 8.85. The molecule has 8 heteroatoms. The van der Waals surface area contributed by atoms with Crippen molar-refractivity contribution in [2.24, 2.45) is 0 Å². The van der Waals surface area contributed by atoms with E-state index in [1.54, 1.807) is 20.8 Å². The number of nitrogens with zero attached hydrogens (tertiary/aromatic N) is 1. The molecule has 0 saturated heterocycles. The van der Waals surface area contributed by atoms with Gasteiger partial charge in [0, 0.05) is 15.6 Å². The SMILES string of the molecule is CC(C)(C)OC(=O)Nc1c(Br)cc(Cl)cc1[N+](=O)[O-]. The second-order valence-corrected chi connectivity index (χ2v) is 5.96. The van der Waals surface area contributed by atoms with Crippen LogP contribution < -0.4 is 5.32 Å². The number of anilines is 1. The smallest absolute Gasteiger partial charge is 0.412 e. The largest absolute Gasteiger partial charge is 0.444 e. The lowest BCUT2D eigenvalue weighted by atomic mass is 10.2. The molecule has 0 radical (unpaired) electrons. The second-order valence-electron chi connectivity index (χ2n) is 4.67. The molecule has 0 heterocycles. The summed E-state index contributed by atoms with van der Waals surface area (Å²) in [4.78, 5) is 21.9. The van der Waals surface area contributed by atoms with Crippen LogP contribution in [0.15, 0.2) is 16.6 Å². The number of carbonyl (C=O) groups excluding carboxylic acids is 1. The van der Waals surface area contributed by atoms with E-state index in [1.807, 2.05) is 0 Å². The van der Waals surface area contributed by atoms with Crippen LogP contribution in [0.4, 0.5) is 16.2 Å². The van der Waals surface area contributed by atoms with Gasteiger partial charge in [-0.15, -0.1) is 0 Å². The molecule has 1 aromatic carbocycles. The molecule has 6 nitrogen and oxygen atoms in total. The predicted octanol–water partition coefficient (Wildman–Crippen LogP) is 4.36. The Hall–Kier alpha value is -1.34. The summed E-state index contributed by atoms with van der Waals surface area (Å²) in [6.07, 6.45) is -0.779. The van der Waals surface area contributed by atoms with Gasteiger partial charge in [-0.25, -0.2) is 4.79 Å². The van der Waals surface area contributed by atoms with Gasteiger partial charge in [-0.1, -0.05) is 11.6 Å². The lowest BCUT2D eigenvalue weighted by molar-refractivity contribution is -0.384. The average Bonchev–Trinajstić information content (AvgIpc) is 2.18. The fourth-order valence-corrected chi connectivity index (χ4v) is 2.13. The zero-order chi connectivity index (χ0) is 14.8. The summed E-state index contributed by atoms with van der Waals surface area (Å²) in [6.45, 7) is 5.08. The molecule has 0 aliphatic heterocycles. The van der Waals surface area contributed by atoms with Gasteiger partial charge in [0.05, 0.1) is 4.92 Å². The molecule has 0 spiro atoms. The first-order valence-electron chi connectivity index (χ1n) is 5.23. The van der Waals surface area contributed by atoms with Crippen LogP contribution in [0.5, 0.6) is 0 Å². The highest BCUT2D eigenvalue weighted by molar-refractivity contribution is 9.10. The Morgan fingerprint density at radius 1 is 1.47 bits per heavy atom. The van der Waals surface area contributed by atoms with Crippen LogP contribution in [0.1, 0.15) is 20.8 Å². The minimum Gasteiger partial charge on any atom is -0.444 e. The number of carbonyl (C=O) groups is 1. The number of nitrogens with one attached hydrogen (secondary N) is 1. The minimum atomic E-state index is -0.779. The average molecular weight is 352 g/mol. The standard InChI is InChI=1S/C11H12BrClN2O4/c1-11(2,3)19-10(16)14-9-7(12)4-6(13)5-8(9)15(17)18/h4-5H,1-3H3,(H,14,16). The van der Waals surface area contributed by atoms with Gasteiger partial charge in [0.1, 0.15) is 11.3 Å². The number of amides is 1. The highest BCUT2D eigenvalue weighted by Gasteiger charge is 2.23. The van der Waals surface area contributed by atoms with E-state index >= 15 is 0 Å².